The van der Waals surface area contributed by atoms with Gasteiger partial charge in [-0.15, -0.1) is 0 Å². The van der Waals surface area contributed by atoms with Crippen LogP contribution in [0.25, 0.3) is 0 Å². The van der Waals surface area contributed by atoms with Crippen LogP contribution in [0.15, 0.2) is 54.1 Å². The first-order chi connectivity index (χ1) is 6.76. The van der Waals surface area contributed by atoms with Crippen LogP contribution >= 0.6 is 11.6 Å². The largest absolute Gasteiger partial charge is 0.288 e. The average molecular weight is 203 g/mol. The Hall–Kier alpha value is -1.29. The smallest absolute Gasteiger partial charge is 0.204 e. The van der Waals surface area contributed by atoms with Gasteiger partial charge in [0.2, 0.25) is 5.78 Å². The molecular weight excluding hydrogens is 193 g/mol. The Bertz CT molecular complexity index is 305. The fourth-order valence-electron chi connectivity index (χ4n) is 0.633. The summed E-state index contributed by atoms with van der Waals surface area (Å²) in [6.07, 6.45) is 7.41. The molecule has 2 radical (unpaired) electrons. The molecule has 0 atom stereocenters. The molecule has 0 amide bonds. The van der Waals surface area contributed by atoms with Gasteiger partial charge in [0.15, 0.2) is 7.12 Å². The first kappa shape index (κ1) is 12.7. The van der Waals surface area contributed by atoms with Crippen molar-refractivity contribution >= 4 is 30.2 Å². The summed E-state index contributed by atoms with van der Waals surface area (Å²) in [4.78, 5) is 15.2. The number of rotatable bonds is 6. The van der Waals surface area contributed by atoms with Gasteiger partial charge in [-0.2, -0.15) is 0 Å². The lowest BCUT2D eigenvalue weighted by molar-refractivity contribution is -0.108. The van der Waals surface area contributed by atoms with Crippen molar-refractivity contribution < 1.29 is 4.79 Å². The first-order valence-electron chi connectivity index (χ1n) is 3.80. The van der Waals surface area contributed by atoms with Crippen molar-refractivity contribution in [2.24, 2.45) is 4.99 Å². The fraction of sp³-hybridized carbons (Fsp3) is 0. The molecule has 0 saturated carbocycles. The minimum absolute atomic E-state index is 0.221. The van der Waals surface area contributed by atoms with E-state index in [2.05, 4.69) is 18.2 Å². The van der Waals surface area contributed by atoms with Gasteiger partial charge >= 0.3 is 0 Å². The zero-order chi connectivity index (χ0) is 10.8. The van der Waals surface area contributed by atoms with E-state index in [0.29, 0.717) is 5.71 Å². The van der Waals surface area contributed by atoms with Crippen molar-refractivity contribution in [2.45, 2.75) is 0 Å². The summed E-state index contributed by atoms with van der Waals surface area (Å²) in [5.41, 5.74) is 0.296. The maximum atomic E-state index is 11.4. The molecule has 0 N–H and O–H groups in total. The van der Waals surface area contributed by atoms with E-state index in [9.17, 15) is 4.79 Å². The van der Waals surface area contributed by atoms with Crippen LogP contribution < -0.4 is 0 Å². The maximum absolute atomic E-state index is 11.4. The molecule has 0 aromatic rings. The highest BCUT2D eigenvalue weighted by atomic mass is 32.2. The Kier molecular flexibility index (Phi) is 7.56. The molecule has 0 spiro atoms. The summed E-state index contributed by atoms with van der Waals surface area (Å²) < 4.78 is 0. The van der Waals surface area contributed by atoms with E-state index in [1.54, 1.807) is 18.2 Å². The summed E-state index contributed by atoms with van der Waals surface area (Å²) in [7, 11) is 5.13. The predicted molar refractivity (Wildman–Crippen MR) is 64.5 cm³/mol. The highest BCUT2D eigenvalue weighted by molar-refractivity contribution is 8.22. The molecule has 0 aliphatic heterocycles. The molecule has 0 rings (SSSR count). The molecule has 0 fully saturated rings. The third-order valence-corrected chi connectivity index (χ3v) is 1.46. The quantitative estimate of drug-likeness (QED) is 0.286. The monoisotopic (exact) mass is 203 g/mol. The Labute approximate surface area is 89.5 Å². The van der Waals surface area contributed by atoms with Crippen molar-refractivity contribution in [3.63, 3.8) is 0 Å². The number of aliphatic imine (C=N–C) groups is 1. The fourth-order valence-corrected chi connectivity index (χ4v) is 0.835. The van der Waals surface area contributed by atoms with Crippen molar-refractivity contribution in [1.29, 1.82) is 0 Å². The van der Waals surface area contributed by atoms with Gasteiger partial charge in [0.25, 0.3) is 0 Å². The molecule has 70 valence electrons. The molecule has 0 aromatic carbocycles. The molecule has 0 aliphatic carbocycles. The molecule has 0 heterocycles. The van der Waals surface area contributed by atoms with E-state index in [4.69, 9.17) is 7.12 Å². The zero-order valence-electron chi connectivity index (χ0n) is 7.72. The van der Waals surface area contributed by atoms with E-state index in [1.165, 1.54) is 17.7 Å². The summed E-state index contributed by atoms with van der Waals surface area (Å²) in [5.74, 6) is -0.221. The van der Waals surface area contributed by atoms with Crippen LogP contribution in [0.3, 0.4) is 0 Å². The van der Waals surface area contributed by atoms with Gasteiger partial charge in [-0.25, -0.2) is 11.6 Å². The Morgan fingerprint density at radius 2 is 2.07 bits per heavy atom. The van der Waals surface area contributed by atoms with E-state index in [0.717, 1.165) is 11.6 Å². The average Bonchev–Trinajstić information content (AvgIpc) is 2.20. The standard InChI is InChI=1S/C10H10BNOS/c1-3-5-6-9(12-4-2)10(13)7-8-14-11/h3-8H,1-2H2/b6-5-,8-7+,12-9?. The van der Waals surface area contributed by atoms with Crippen LogP contribution in [0.4, 0.5) is 0 Å². The summed E-state index contributed by atoms with van der Waals surface area (Å²) in [5, 5.41) is 1.49. The number of ketones is 1. The van der Waals surface area contributed by atoms with Crippen LogP contribution in [0.1, 0.15) is 0 Å². The second-order valence-corrected chi connectivity index (χ2v) is 2.64. The number of carbonyl (C=O) groups is 1. The Balaban J connectivity index is 4.66. The number of nitrogens with zero attached hydrogens (tertiary/aromatic N) is 1. The molecule has 4 heteroatoms. The van der Waals surface area contributed by atoms with Crippen LogP contribution in [-0.2, 0) is 4.79 Å². The van der Waals surface area contributed by atoms with E-state index in [-0.39, 0.29) is 5.78 Å². The van der Waals surface area contributed by atoms with Gasteiger partial charge in [0.05, 0.1) is 0 Å². The lowest BCUT2D eigenvalue weighted by atomic mass is 10.2. The molecule has 0 aliphatic rings. The highest BCUT2D eigenvalue weighted by Gasteiger charge is 2.01. The van der Waals surface area contributed by atoms with Crippen LogP contribution in [-0.4, -0.2) is 18.6 Å². The van der Waals surface area contributed by atoms with Crippen LogP contribution in [0.2, 0.25) is 0 Å². The molecule has 0 saturated heterocycles. The molecule has 14 heavy (non-hydrogen) atoms. The Morgan fingerprint density at radius 3 is 2.57 bits per heavy atom. The highest BCUT2D eigenvalue weighted by Crippen LogP contribution is 1.95. The summed E-state index contributed by atoms with van der Waals surface area (Å²) in [6, 6.07) is 0. The van der Waals surface area contributed by atoms with Gasteiger partial charge in [-0.05, 0) is 17.6 Å². The summed E-state index contributed by atoms with van der Waals surface area (Å²) in [6.45, 7) is 6.91. The van der Waals surface area contributed by atoms with E-state index < -0.39 is 0 Å². The minimum Gasteiger partial charge on any atom is -0.288 e. The van der Waals surface area contributed by atoms with E-state index >= 15 is 0 Å². The molecular formula is C10H10BNOS. The maximum Gasteiger partial charge on any atom is 0.204 e. The van der Waals surface area contributed by atoms with Gasteiger partial charge in [-0.1, -0.05) is 25.3 Å². The SMILES string of the molecule is [B]S/C=C/C(=O)C(/C=C\C=C)=NC=C. The molecule has 2 nitrogen and oxygen atoms in total. The van der Waals surface area contributed by atoms with Crippen molar-refractivity contribution in [3.8, 4) is 0 Å². The second kappa shape index (κ2) is 8.32. The lowest BCUT2D eigenvalue weighted by Crippen LogP contribution is -2.07. The van der Waals surface area contributed by atoms with Crippen LogP contribution in [0.5, 0.6) is 0 Å². The third kappa shape index (κ3) is 5.38. The van der Waals surface area contributed by atoms with Crippen LogP contribution in [0, 0.1) is 0 Å². The molecule has 0 bridgehead atoms. The predicted octanol–water partition coefficient (Wildman–Crippen LogP) is 2.21. The molecule has 0 aromatic heterocycles. The van der Waals surface area contributed by atoms with Crippen molar-refractivity contribution in [2.75, 3.05) is 0 Å². The zero-order valence-corrected chi connectivity index (χ0v) is 8.54. The Morgan fingerprint density at radius 1 is 1.36 bits per heavy atom. The number of hydrogen-bond acceptors (Lipinski definition) is 3. The topological polar surface area (TPSA) is 29.4 Å². The van der Waals surface area contributed by atoms with Gasteiger partial charge < -0.3 is 0 Å². The lowest BCUT2D eigenvalue weighted by Gasteiger charge is -1.92. The van der Waals surface area contributed by atoms with Gasteiger partial charge in [0.1, 0.15) is 5.71 Å². The number of allylic oxidation sites excluding steroid dienone is 4. The second-order valence-electron chi connectivity index (χ2n) is 2.09. The molecule has 0 unspecified atom stereocenters. The number of carbonyl (C=O) groups excluding carboxylic acids is 1. The minimum atomic E-state index is -0.221. The van der Waals surface area contributed by atoms with Gasteiger partial charge in [0, 0.05) is 6.20 Å². The normalized spacial score (nSPS) is 12.1. The van der Waals surface area contributed by atoms with E-state index in [1.807, 2.05) is 0 Å². The summed E-state index contributed by atoms with van der Waals surface area (Å²) >= 11 is 0.963. The van der Waals surface area contributed by atoms with Crippen molar-refractivity contribution in [3.05, 3.63) is 49.1 Å². The third-order valence-electron chi connectivity index (χ3n) is 1.17. The van der Waals surface area contributed by atoms with Gasteiger partial charge in [-0.3, -0.25) is 9.79 Å². The number of hydrogen-bond donors (Lipinski definition) is 0. The first-order valence-corrected chi connectivity index (χ1v) is 4.74. The van der Waals surface area contributed by atoms with Crippen molar-refractivity contribution in [1.82, 2.24) is 0 Å².